The first-order valence-corrected chi connectivity index (χ1v) is 11.1. The third-order valence-electron chi connectivity index (χ3n) is 5.19. The van der Waals surface area contributed by atoms with Gasteiger partial charge >= 0.3 is 5.97 Å². The fourth-order valence-electron chi connectivity index (χ4n) is 3.46. The topological polar surface area (TPSA) is 111 Å². The number of nitrogens with one attached hydrogen (secondary N) is 1. The third-order valence-corrected chi connectivity index (χ3v) is 5.54. The standard InChI is InChI=1S/C26H22ClN3O5/c1-3-34-19-11-9-18(10-12-19)30-24(31)22(27)23(25(30)32)29-17-7-5-16(6-8-17)26(33)35-21-13-4-15(2)14-20(21)28/h4-14,29H,3,28H2,1-2H3. The maximum absolute atomic E-state index is 13.0. The number of amides is 2. The Bertz CT molecular complexity index is 1330. The van der Waals surface area contributed by atoms with Crippen molar-refractivity contribution in [2.45, 2.75) is 13.8 Å². The predicted molar refractivity (Wildman–Crippen MR) is 134 cm³/mol. The minimum Gasteiger partial charge on any atom is -0.494 e. The summed E-state index contributed by atoms with van der Waals surface area (Å²) in [4.78, 5) is 39.1. The van der Waals surface area contributed by atoms with Crippen molar-refractivity contribution in [1.82, 2.24) is 0 Å². The number of anilines is 3. The smallest absolute Gasteiger partial charge is 0.343 e. The number of carbonyl (C=O) groups excluding carboxylic acids is 3. The molecule has 1 heterocycles. The molecule has 3 aromatic rings. The molecule has 0 saturated carbocycles. The molecule has 9 heteroatoms. The van der Waals surface area contributed by atoms with Gasteiger partial charge in [-0.25, -0.2) is 9.69 Å². The average Bonchev–Trinajstić information content (AvgIpc) is 3.05. The number of aryl methyl sites for hydroxylation is 1. The summed E-state index contributed by atoms with van der Waals surface area (Å²) in [6.45, 7) is 4.24. The second-order valence-electron chi connectivity index (χ2n) is 7.69. The number of benzene rings is 3. The highest BCUT2D eigenvalue weighted by Gasteiger charge is 2.39. The molecular formula is C26H22ClN3O5. The second-order valence-corrected chi connectivity index (χ2v) is 8.07. The Hall–Kier alpha value is -4.30. The zero-order chi connectivity index (χ0) is 25.1. The third kappa shape index (κ3) is 4.97. The SMILES string of the molecule is CCOc1ccc(N2C(=O)C(Cl)=C(Nc3ccc(C(=O)Oc4ccc(C)cc4N)cc3)C2=O)cc1. The van der Waals surface area contributed by atoms with Crippen LogP contribution in [0, 0.1) is 6.92 Å². The van der Waals surface area contributed by atoms with Crippen molar-refractivity contribution in [3.05, 3.63) is 88.6 Å². The normalized spacial score (nSPS) is 13.3. The molecule has 3 N–H and O–H groups in total. The van der Waals surface area contributed by atoms with Crippen molar-refractivity contribution in [2.24, 2.45) is 0 Å². The van der Waals surface area contributed by atoms with Gasteiger partial charge in [0.05, 0.1) is 23.5 Å². The Labute approximate surface area is 206 Å². The molecule has 0 unspecified atom stereocenters. The quantitative estimate of drug-likeness (QED) is 0.214. The van der Waals surface area contributed by atoms with Crippen LogP contribution >= 0.6 is 11.6 Å². The Balaban J connectivity index is 1.46. The molecule has 2 amide bonds. The number of nitrogens with zero attached hydrogens (tertiary/aromatic N) is 1. The minimum atomic E-state index is -0.640. The summed E-state index contributed by atoms with van der Waals surface area (Å²) >= 11 is 6.19. The van der Waals surface area contributed by atoms with Crippen molar-refractivity contribution in [3.63, 3.8) is 0 Å². The van der Waals surface area contributed by atoms with E-state index >= 15 is 0 Å². The van der Waals surface area contributed by atoms with E-state index in [2.05, 4.69) is 5.32 Å². The summed E-state index contributed by atoms with van der Waals surface area (Å²) in [6, 6.07) is 17.9. The van der Waals surface area contributed by atoms with Gasteiger partial charge in [-0.3, -0.25) is 9.59 Å². The van der Waals surface area contributed by atoms with Gasteiger partial charge in [0.2, 0.25) is 0 Å². The first kappa shape index (κ1) is 23.8. The largest absolute Gasteiger partial charge is 0.494 e. The number of nitrogen functional groups attached to an aromatic ring is 1. The molecule has 0 radical (unpaired) electrons. The summed E-state index contributed by atoms with van der Waals surface area (Å²) in [6.07, 6.45) is 0. The Kier molecular flexibility index (Phi) is 6.75. The molecule has 0 spiro atoms. The second kappa shape index (κ2) is 9.90. The fourth-order valence-corrected chi connectivity index (χ4v) is 3.67. The van der Waals surface area contributed by atoms with E-state index in [1.807, 2.05) is 13.8 Å². The number of esters is 1. The molecule has 4 rings (SSSR count). The van der Waals surface area contributed by atoms with Crippen LogP contribution in [-0.4, -0.2) is 24.4 Å². The van der Waals surface area contributed by atoms with Gasteiger partial charge in [-0.05, 0) is 80.1 Å². The lowest BCUT2D eigenvalue weighted by Crippen LogP contribution is -2.32. The lowest BCUT2D eigenvalue weighted by atomic mass is 10.2. The summed E-state index contributed by atoms with van der Waals surface area (Å²) in [5.41, 5.74) is 8.25. The van der Waals surface area contributed by atoms with Gasteiger partial charge in [-0.2, -0.15) is 0 Å². The lowest BCUT2D eigenvalue weighted by Gasteiger charge is -2.15. The number of ether oxygens (including phenoxy) is 2. The molecule has 0 bridgehead atoms. The van der Waals surface area contributed by atoms with E-state index in [9.17, 15) is 14.4 Å². The van der Waals surface area contributed by atoms with Crippen molar-refractivity contribution in [2.75, 3.05) is 22.6 Å². The van der Waals surface area contributed by atoms with Crippen LogP contribution in [0.25, 0.3) is 0 Å². The molecule has 1 aliphatic heterocycles. The molecule has 8 nitrogen and oxygen atoms in total. The minimum absolute atomic E-state index is 0.0618. The summed E-state index contributed by atoms with van der Waals surface area (Å²) in [7, 11) is 0. The number of nitrogens with two attached hydrogens (primary N) is 1. The van der Waals surface area contributed by atoms with Crippen LogP contribution in [0.15, 0.2) is 77.5 Å². The van der Waals surface area contributed by atoms with E-state index in [1.54, 1.807) is 54.6 Å². The highest BCUT2D eigenvalue weighted by molar-refractivity contribution is 6.53. The van der Waals surface area contributed by atoms with Crippen molar-refractivity contribution >= 4 is 46.4 Å². The molecule has 3 aromatic carbocycles. The van der Waals surface area contributed by atoms with Crippen LogP contribution in [0.1, 0.15) is 22.8 Å². The van der Waals surface area contributed by atoms with Crippen molar-refractivity contribution in [1.29, 1.82) is 0 Å². The highest BCUT2D eigenvalue weighted by atomic mass is 35.5. The van der Waals surface area contributed by atoms with E-state index in [0.717, 1.165) is 10.5 Å². The van der Waals surface area contributed by atoms with Gasteiger partial charge in [-0.15, -0.1) is 0 Å². The van der Waals surface area contributed by atoms with Crippen LogP contribution in [0.5, 0.6) is 11.5 Å². The monoisotopic (exact) mass is 491 g/mol. The molecule has 0 fully saturated rings. The number of carbonyl (C=O) groups is 3. The summed E-state index contributed by atoms with van der Waals surface area (Å²) < 4.78 is 10.8. The summed E-state index contributed by atoms with van der Waals surface area (Å²) in [5.74, 6) is -0.930. The number of hydrogen-bond acceptors (Lipinski definition) is 7. The van der Waals surface area contributed by atoms with E-state index in [4.69, 9.17) is 26.8 Å². The molecule has 0 aliphatic carbocycles. The summed E-state index contributed by atoms with van der Waals surface area (Å²) in [5, 5.41) is 2.64. The van der Waals surface area contributed by atoms with Gasteiger partial charge in [0.25, 0.3) is 11.8 Å². The highest BCUT2D eigenvalue weighted by Crippen LogP contribution is 2.31. The number of rotatable bonds is 7. The van der Waals surface area contributed by atoms with Crippen LogP contribution in [0.3, 0.4) is 0 Å². The van der Waals surface area contributed by atoms with Gasteiger partial charge in [0, 0.05) is 5.69 Å². The zero-order valence-corrected chi connectivity index (χ0v) is 19.8. The number of halogens is 1. The first-order chi connectivity index (χ1) is 16.8. The van der Waals surface area contributed by atoms with Crippen molar-refractivity contribution in [3.8, 4) is 11.5 Å². The van der Waals surface area contributed by atoms with Gasteiger partial charge < -0.3 is 20.5 Å². The Morgan fingerprint density at radius 1 is 1.00 bits per heavy atom. The Morgan fingerprint density at radius 2 is 1.69 bits per heavy atom. The maximum atomic E-state index is 13.0. The molecule has 0 saturated heterocycles. The fraction of sp³-hybridized carbons (Fsp3) is 0.115. The first-order valence-electron chi connectivity index (χ1n) is 10.7. The number of imide groups is 1. The average molecular weight is 492 g/mol. The van der Waals surface area contributed by atoms with E-state index in [-0.39, 0.29) is 22.0 Å². The molecule has 0 aromatic heterocycles. The van der Waals surface area contributed by atoms with Gasteiger partial charge in [0.1, 0.15) is 16.5 Å². The predicted octanol–water partition coefficient (Wildman–Crippen LogP) is 4.63. The van der Waals surface area contributed by atoms with E-state index < -0.39 is 17.8 Å². The molecule has 35 heavy (non-hydrogen) atoms. The number of hydrogen-bond donors (Lipinski definition) is 2. The van der Waals surface area contributed by atoms with E-state index in [1.165, 1.54) is 12.1 Å². The van der Waals surface area contributed by atoms with Crippen molar-refractivity contribution < 1.29 is 23.9 Å². The van der Waals surface area contributed by atoms with Gasteiger partial charge in [-0.1, -0.05) is 17.7 Å². The van der Waals surface area contributed by atoms with E-state index in [0.29, 0.717) is 29.4 Å². The van der Waals surface area contributed by atoms with Crippen LogP contribution in [-0.2, 0) is 9.59 Å². The Morgan fingerprint density at radius 3 is 2.31 bits per heavy atom. The zero-order valence-electron chi connectivity index (χ0n) is 19.0. The maximum Gasteiger partial charge on any atom is 0.343 e. The van der Waals surface area contributed by atoms with Crippen LogP contribution in [0.2, 0.25) is 0 Å². The molecule has 0 atom stereocenters. The van der Waals surface area contributed by atoms with Crippen LogP contribution < -0.4 is 25.4 Å². The van der Waals surface area contributed by atoms with Crippen LogP contribution in [0.4, 0.5) is 17.1 Å². The molecular weight excluding hydrogens is 470 g/mol. The van der Waals surface area contributed by atoms with Gasteiger partial charge in [0.15, 0.2) is 5.75 Å². The molecule has 1 aliphatic rings. The molecule has 178 valence electrons. The lowest BCUT2D eigenvalue weighted by molar-refractivity contribution is -0.120.